The van der Waals surface area contributed by atoms with Gasteiger partial charge in [-0.2, -0.15) is 0 Å². The second-order valence-electron chi connectivity index (χ2n) is 4.89. The molecule has 0 amide bonds. The molecule has 2 heteroatoms. The van der Waals surface area contributed by atoms with Crippen LogP contribution in [0.2, 0.25) is 0 Å². The molecular weight excluding hydrogens is 196 g/mol. The van der Waals surface area contributed by atoms with Crippen LogP contribution in [0, 0.1) is 0 Å². The number of rotatable bonds is 3. The maximum atomic E-state index is 4.45. The van der Waals surface area contributed by atoms with E-state index in [1.807, 2.05) is 12.3 Å². The summed E-state index contributed by atoms with van der Waals surface area (Å²) in [7, 11) is 2.25. The van der Waals surface area contributed by atoms with Crippen molar-refractivity contribution in [3.05, 3.63) is 30.1 Å². The first-order valence-electron chi connectivity index (χ1n) is 6.42. The van der Waals surface area contributed by atoms with Crippen LogP contribution in [0.5, 0.6) is 0 Å². The summed E-state index contributed by atoms with van der Waals surface area (Å²) in [6, 6.07) is 7.38. The summed E-state index contributed by atoms with van der Waals surface area (Å²) >= 11 is 0. The Balaban J connectivity index is 2.00. The highest BCUT2D eigenvalue weighted by Crippen LogP contribution is 2.27. The van der Waals surface area contributed by atoms with Crippen molar-refractivity contribution in [2.75, 3.05) is 7.05 Å². The molecule has 0 aromatic carbocycles. The fraction of sp³-hybridized carbons (Fsp3) is 0.643. The molecule has 2 rings (SSSR count). The molecule has 88 valence electrons. The summed E-state index contributed by atoms with van der Waals surface area (Å²) in [6.45, 7) is 2.26. The first kappa shape index (κ1) is 11.6. The standard InChI is InChI=1S/C14H22N2/c1-12(14-10-6-7-11-15-14)16(2)13-8-4-3-5-9-13/h6-7,10-13H,3-5,8-9H2,1-2H3. The second-order valence-corrected chi connectivity index (χ2v) is 4.89. The van der Waals surface area contributed by atoms with Gasteiger partial charge >= 0.3 is 0 Å². The predicted octanol–water partition coefficient (Wildman–Crippen LogP) is 3.41. The van der Waals surface area contributed by atoms with Crippen molar-refractivity contribution in [2.24, 2.45) is 0 Å². The quantitative estimate of drug-likeness (QED) is 0.773. The zero-order chi connectivity index (χ0) is 11.4. The molecule has 1 saturated carbocycles. The minimum atomic E-state index is 0.435. The number of hydrogen-bond donors (Lipinski definition) is 0. The van der Waals surface area contributed by atoms with E-state index in [0.29, 0.717) is 6.04 Å². The van der Waals surface area contributed by atoms with Gasteiger partial charge in [0.15, 0.2) is 0 Å². The fourth-order valence-corrected chi connectivity index (χ4v) is 2.64. The molecule has 0 saturated heterocycles. The zero-order valence-electron chi connectivity index (χ0n) is 10.4. The van der Waals surface area contributed by atoms with E-state index in [2.05, 4.69) is 36.0 Å². The smallest absolute Gasteiger partial charge is 0.0572 e. The van der Waals surface area contributed by atoms with Crippen molar-refractivity contribution in [1.82, 2.24) is 9.88 Å². The van der Waals surface area contributed by atoms with Gasteiger partial charge in [-0.05, 0) is 38.9 Å². The maximum absolute atomic E-state index is 4.45. The Morgan fingerprint density at radius 1 is 1.25 bits per heavy atom. The van der Waals surface area contributed by atoms with Crippen LogP contribution >= 0.6 is 0 Å². The predicted molar refractivity (Wildman–Crippen MR) is 67.3 cm³/mol. The fourth-order valence-electron chi connectivity index (χ4n) is 2.64. The van der Waals surface area contributed by atoms with Crippen molar-refractivity contribution in [3.63, 3.8) is 0 Å². The van der Waals surface area contributed by atoms with E-state index in [1.165, 1.54) is 37.8 Å². The number of nitrogens with zero attached hydrogens (tertiary/aromatic N) is 2. The van der Waals surface area contributed by atoms with Crippen LogP contribution in [0.15, 0.2) is 24.4 Å². The Kier molecular flexibility index (Phi) is 3.94. The Bertz CT molecular complexity index is 304. The molecule has 1 heterocycles. The van der Waals surface area contributed by atoms with Crippen molar-refractivity contribution in [2.45, 2.75) is 51.1 Å². The van der Waals surface area contributed by atoms with Gasteiger partial charge in [0.2, 0.25) is 0 Å². The molecule has 1 aromatic rings. The molecule has 16 heavy (non-hydrogen) atoms. The van der Waals surface area contributed by atoms with E-state index in [9.17, 15) is 0 Å². The van der Waals surface area contributed by atoms with E-state index in [0.717, 1.165) is 6.04 Å². The summed E-state index contributed by atoms with van der Waals surface area (Å²) in [4.78, 5) is 6.95. The van der Waals surface area contributed by atoms with Gasteiger partial charge in [0, 0.05) is 18.3 Å². The van der Waals surface area contributed by atoms with Crippen LogP contribution in [-0.2, 0) is 0 Å². The third-order valence-corrected chi connectivity index (χ3v) is 3.88. The average molecular weight is 218 g/mol. The van der Waals surface area contributed by atoms with Crippen LogP contribution < -0.4 is 0 Å². The van der Waals surface area contributed by atoms with E-state index in [1.54, 1.807) is 0 Å². The van der Waals surface area contributed by atoms with Crippen molar-refractivity contribution in [3.8, 4) is 0 Å². The summed E-state index contributed by atoms with van der Waals surface area (Å²) in [5.74, 6) is 0. The lowest BCUT2D eigenvalue weighted by Gasteiger charge is -2.35. The van der Waals surface area contributed by atoms with E-state index >= 15 is 0 Å². The van der Waals surface area contributed by atoms with Gasteiger partial charge in [-0.25, -0.2) is 0 Å². The molecule has 2 nitrogen and oxygen atoms in total. The largest absolute Gasteiger partial charge is 0.295 e. The van der Waals surface area contributed by atoms with E-state index in [4.69, 9.17) is 0 Å². The van der Waals surface area contributed by atoms with E-state index < -0.39 is 0 Å². The molecule has 1 unspecified atom stereocenters. The Morgan fingerprint density at radius 2 is 2.00 bits per heavy atom. The summed E-state index contributed by atoms with van der Waals surface area (Å²) in [5, 5.41) is 0. The first-order chi connectivity index (χ1) is 7.79. The molecule has 0 aliphatic heterocycles. The van der Waals surface area contributed by atoms with Crippen LogP contribution in [-0.4, -0.2) is 23.0 Å². The van der Waals surface area contributed by atoms with Crippen LogP contribution in [0.3, 0.4) is 0 Å². The normalized spacial score (nSPS) is 19.9. The lowest BCUT2D eigenvalue weighted by molar-refractivity contribution is 0.144. The molecule has 1 fully saturated rings. The van der Waals surface area contributed by atoms with Gasteiger partial charge < -0.3 is 0 Å². The van der Waals surface area contributed by atoms with Crippen LogP contribution in [0.25, 0.3) is 0 Å². The highest BCUT2D eigenvalue weighted by Gasteiger charge is 2.23. The van der Waals surface area contributed by atoms with Crippen LogP contribution in [0.4, 0.5) is 0 Å². The summed E-state index contributed by atoms with van der Waals surface area (Å²) < 4.78 is 0. The monoisotopic (exact) mass is 218 g/mol. The van der Waals surface area contributed by atoms with Gasteiger partial charge in [-0.15, -0.1) is 0 Å². The van der Waals surface area contributed by atoms with Gasteiger partial charge in [-0.3, -0.25) is 9.88 Å². The van der Waals surface area contributed by atoms with Gasteiger partial charge in [-0.1, -0.05) is 25.3 Å². The first-order valence-corrected chi connectivity index (χ1v) is 6.42. The van der Waals surface area contributed by atoms with Crippen molar-refractivity contribution in [1.29, 1.82) is 0 Å². The Hall–Kier alpha value is -0.890. The summed E-state index contributed by atoms with van der Waals surface area (Å²) in [6.07, 6.45) is 8.80. The molecule has 1 aliphatic carbocycles. The topological polar surface area (TPSA) is 16.1 Å². The molecule has 1 atom stereocenters. The average Bonchev–Trinajstić information content (AvgIpc) is 2.39. The minimum Gasteiger partial charge on any atom is -0.295 e. The van der Waals surface area contributed by atoms with Crippen molar-refractivity contribution >= 4 is 0 Å². The van der Waals surface area contributed by atoms with Crippen LogP contribution in [0.1, 0.15) is 50.8 Å². The number of aromatic nitrogens is 1. The van der Waals surface area contributed by atoms with E-state index in [-0.39, 0.29) is 0 Å². The maximum Gasteiger partial charge on any atom is 0.0572 e. The molecule has 0 radical (unpaired) electrons. The molecule has 0 N–H and O–H groups in total. The molecule has 1 aromatic heterocycles. The summed E-state index contributed by atoms with van der Waals surface area (Å²) in [5.41, 5.74) is 1.19. The highest BCUT2D eigenvalue weighted by atomic mass is 15.2. The lowest BCUT2D eigenvalue weighted by atomic mass is 9.93. The van der Waals surface area contributed by atoms with Gasteiger partial charge in [0.1, 0.15) is 0 Å². The van der Waals surface area contributed by atoms with Gasteiger partial charge in [0.25, 0.3) is 0 Å². The second kappa shape index (κ2) is 5.44. The minimum absolute atomic E-state index is 0.435. The Morgan fingerprint density at radius 3 is 2.62 bits per heavy atom. The van der Waals surface area contributed by atoms with Gasteiger partial charge in [0.05, 0.1) is 5.69 Å². The molecule has 0 bridgehead atoms. The lowest BCUT2D eigenvalue weighted by Crippen LogP contribution is -2.35. The Labute approximate surface area is 98.7 Å². The SMILES string of the molecule is CC(c1ccccn1)N(C)C1CCCCC1. The molecule has 1 aliphatic rings. The van der Waals surface area contributed by atoms with Crippen molar-refractivity contribution < 1.29 is 0 Å². The third kappa shape index (κ3) is 2.62. The number of hydrogen-bond acceptors (Lipinski definition) is 2. The number of pyridine rings is 1. The third-order valence-electron chi connectivity index (χ3n) is 3.88. The zero-order valence-corrected chi connectivity index (χ0v) is 10.4. The molecular formula is C14H22N2. The molecule has 0 spiro atoms. The highest BCUT2D eigenvalue weighted by molar-refractivity contribution is 5.08.